The summed E-state index contributed by atoms with van der Waals surface area (Å²) in [6.07, 6.45) is 1.04. The van der Waals surface area contributed by atoms with E-state index in [9.17, 15) is 4.39 Å². The van der Waals surface area contributed by atoms with Crippen LogP contribution in [0.2, 0.25) is 0 Å². The van der Waals surface area contributed by atoms with Crippen LogP contribution in [-0.2, 0) is 6.42 Å². The van der Waals surface area contributed by atoms with Gasteiger partial charge in [-0.15, -0.1) is 0 Å². The molecule has 0 spiro atoms. The van der Waals surface area contributed by atoms with Gasteiger partial charge >= 0.3 is 0 Å². The van der Waals surface area contributed by atoms with Crippen molar-refractivity contribution in [2.45, 2.75) is 25.3 Å². The molecule has 2 atom stereocenters. The summed E-state index contributed by atoms with van der Waals surface area (Å²) in [5.74, 6) is 0.685. The van der Waals surface area contributed by atoms with E-state index in [0.717, 1.165) is 6.42 Å². The molecule has 0 bridgehead atoms. The van der Waals surface area contributed by atoms with E-state index in [0.29, 0.717) is 23.8 Å². The Hall–Kier alpha value is -1.87. The van der Waals surface area contributed by atoms with Crippen LogP contribution in [0.1, 0.15) is 35.6 Å². The second-order valence-electron chi connectivity index (χ2n) is 5.38. The SMILES string of the molecule is C[C@H](N)c1ccc(OCC2Cc3ccccc32)cc1F. The summed E-state index contributed by atoms with van der Waals surface area (Å²) in [5, 5.41) is 0. The molecule has 2 aromatic rings. The fraction of sp³-hybridized carbons (Fsp3) is 0.294. The van der Waals surface area contributed by atoms with Crippen molar-refractivity contribution < 1.29 is 9.13 Å². The maximum Gasteiger partial charge on any atom is 0.131 e. The molecule has 104 valence electrons. The maximum atomic E-state index is 13.8. The van der Waals surface area contributed by atoms with Gasteiger partial charge in [0.25, 0.3) is 0 Å². The molecule has 0 amide bonds. The number of benzene rings is 2. The smallest absolute Gasteiger partial charge is 0.131 e. The third kappa shape index (κ3) is 2.41. The van der Waals surface area contributed by atoms with Gasteiger partial charge in [0.05, 0.1) is 6.61 Å². The first-order valence-corrected chi connectivity index (χ1v) is 6.91. The van der Waals surface area contributed by atoms with Crippen LogP contribution in [0.4, 0.5) is 4.39 Å². The molecule has 2 aromatic carbocycles. The molecule has 3 rings (SSSR count). The molecular formula is C17H18FNO. The van der Waals surface area contributed by atoms with E-state index in [1.165, 1.54) is 17.2 Å². The Bertz CT molecular complexity index is 624. The van der Waals surface area contributed by atoms with Gasteiger partial charge in [-0.05, 0) is 30.5 Å². The molecule has 2 N–H and O–H groups in total. The lowest BCUT2D eigenvalue weighted by Crippen LogP contribution is -2.23. The van der Waals surface area contributed by atoms with Gasteiger partial charge in [0, 0.05) is 23.6 Å². The van der Waals surface area contributed by atoms with E-state index in [-0.39, 0.29) is 11.9 Å². The highest BCUT2D eigenvalue weighted by Gasteiger charge is 2.25. The first-order valence-electron chi connectivity index (χ1n) is 6.91. The zero-order chi connectivity index (χ0) is 14.1. The van der Waals surface area contributed by atoms with Crippen molar-refractivity contribution in [1.29, 1.82) is 0 Å². The van der Waals surface area contributed by atoms with E-state index < -0.39 is 0 Å². The van der Waals surface area contributed by atoms with Crippen molar-refractivity contribution in [1.82, 2.24) is 0 Å². The number of rotatable bonds is 4. The number of halogens is 1. The van der Waals surface area contributed by atoms with E-state index >= 15 is 0 Å². The minimum Gasteiger partial charge on any atom is -0.493 e. The predicted molar refractivity (Wildman–Crippen MR) is 77.4 cm³/mol. The van der Waals surface area contributed by atoms with Gasteiger partial charge in [-0.3, -0.25) is 0 Å². The zero-order valence-electron chi connectivity index (χ0n) is 11.5. The quantitative estimate of drug-likeness (QED) is 0.922. The third-order valence-corrected chi connectivity index (χ3v) is 3.87. The lowest BCUT2D eigenvalue weighted by molar-refractivity contribution is 0.274. The van der Waals surface area contributed by atoms with Gasteiger partial charge in [-0.2, -0.15) is 0 Å². The Labute approximate surface area is 118 Å². The van der Waals surface area contributed by atoms with Crippen molar-refractivity contribution >= 4 is 0 Å². The Kier molecular flexibility index (Phi) is 3.45. The summed E-state index contributed by atoms with van der Waals surface area (Å²) in [6, 6.07) is 13.0. The van der Waals surface area contributed by atoms with E-state index in [4.69, 9.17) is 10.5 Å². The molecular weight excluding hydrogens is 253 g/mol. The first-order chi connectivity index (χ1) is 9.65. The van der Waals surface area contributed by atoms with E-state index in [2.05, 4.69) is 18.2 Å². The van der Waals surface area contributed by atoms with Gasteiger partial charge in [-0.25, -0.2) is 4.39 Å². The molecule has 2 nitrogen and oxygen atoms in total. The first kappa shape index (κ1) is 13.1. The second kappa shape index (κ2) is 5.25. The molecule has 0 aromatic heterocycles. The zero-order valence-corrected chi connectivity index (χ0v) is 11.5. The van der Waals surface area contributed by atoms with Crippen LogP contribution >= 0.6 is 0 Å². The lowest BCUT2D eigenvalue weighted by Gasteiger charge is -2.29. The van der Waals surface area contributed by atoms with Crippen LogP contribution in [-0.4, -0.2) is 6.61 Å². The summed E-state index contributed by atoms with van der Waals surface area (Å²) in [4.78, 5) is 0. The van der Waals surface area contributed by atoms with Gasteiger partial charge < -0.3 is 10.5 Å². The minimum absolute atomic E-state index is 0.300. The maximum absolute atomic E-state index is 13.8. The lowest BCUT2D eigenvalue weighted by atomic mass is 9.78. The Morgan fingerprint density at radius 2 is 2.10 bits per heavy atom. The van der Waals surface area contributed by atoms with Crippen LogP contribution in [0, 0.1) is 5.82 Å². The van der Waals surface area contributed by atoms with E-state index in [1.807, 2.05) is 6.07 Å². The van der Waals surface area contributed by atoms with Gasteiger partial charge in [0.2, 0.25) is 0 Å². The fourth-order valence-corrected chi connectivity index (χ4v) is 2.68. The van der Waals surface area contributed by atoms with Crippen molar-refractivity contribution in [3.63, 3.8) is 0 Å². The molecule has 1 aliphatic carbocycles. The highest BCUT2D eigenvalue weighted by atomic mass is 19.1. The monoisotopic (exact) mass is 271 g/mol. The Balaban J connectivity index is 1.64. The molecule has 20 heavy (non-hydrogen) atoms. The van der Waals surface area contributed by atoms with Crippen LogP contribution in [0.3, 0.4) is 0 Å². The summed E-state index contributed by atoms with van der Waals surface area (Å²) in [6.45, 7) is 2.36. The molecule has 0 saturated carbocycles. The highest BCUT2D eigenvalue weighted by Crippen LogP contribution is 2.35. The molecule has 1 unspecified atom stereocenters. The molecule has 0 fully saturated rings. The topological polar surface area (TPSA) is 35.2 Å². The average Bonchev–Trinajstić information content (AvgIpc) is 2.39. The number of hydrogen-bond acceptors (Lipinski definition) is 2. The Morgan fingerprint density at radius 3 is 2.80 bits per heavy atom. The standard InChI is InChI=1S/C17H18FNO/c1-11(19)15-7-6-14(9-17(15)18)20-10-13-8-12-4-2-3-5-16(12)13/h2-7,9,11,13H,8,10,19H2,1H3/t11-,13?/m0/s1. The Morgan fingerprint density at radius 1 is 1.30 bits per heavy atom. The molecule has 1 aliphatic rings. The van der Waals surface area contributed by atoms with Gasteiger partial charge in [0.15, 0.2) is 0 Å². The second-order valence-corrected chi connectivity index (χ2v) is 5.38. The number of nitrogens with two attached hydrogens (primary N) is 1. The number of fused-ring (bicyclic) bond motifs is 1. The van der Waals surface area contributed by atoms with Gasteiger partial charge in [0.1, 0.15) is 11.6 Å². The normalized spacial score (nSPS) is 18.1. The summed E-state index contributed by atoms with van der Waals surface area (Å²) >= 11 is 0. The number of hydrogen-bond donors (Lipinski definition) is 1. The average molecular weight is 271 g/mol. The molecule has 0 saturated heterocycles. The number of ether oxygens (including phenoxy) is 1. The van der Waals surface area contributed by atoms with Crippen molar-refractivity contribution in [2.75, 3.05) is 6.61 Å². The van der Waals surface area contributed by atoms with Gasteiger partial charge in [-0.1, -0.05) is 30.3 Å². The molecule has 3 heteroatoms. The van der Waals surface area contributed by atoms with Crippen molar-refractivity contribution in [3.05, 3.63) is 65.0 Å². The fourth-order valence-electron chi connectivity index (χ4n) is 2.68. The molecule has 0 aliphatic heterocycles. The van der Waals surface area contributed by atoms with Crippen LogP contribution in [0.25, 0.3) is 0 Å². The van der Waals surface area contributed by atoms with E-state index in [1.54, 1.807) is 19.1 Å². The molecule has 0 radical (unpaired) electrons. The minimum atomic E-state index is -0.303. The van der Waals surface area contributed by atoms with Crippen molar-refractivity contribution in [3.8, 4) is 5.75 Å². The summed E-state index contributed by atoms with van der Waals surface area (Å²) < 4.78 is 19.5. The summed E-state index contributed by atoms with van der Waals surface area (Å²) in [5.41, 5.74) is 8.95. The third-order valence-electron chi connectivity index (χ3n) is 3.87. The van der Waals surface area contributed by atoms with Crippen LogP contribution in [0.5, 0.6) is 5.75 Å². The van der Waals surface area contributed by atoms with Crippen LogP contribution < -0.4 is 10.5 Å². The summed E-state index contributed by atoms with van der Waals surface area (Å²) in [7, 11) is 0. The predicted octanol–water partition coefficient (Wildman–Crippen LogP) is 3.56. The van der Waals surface area contributed by atoms with Crippen molar-refractivity contribution in [2.24, 2.45) is 5.73 Å². The largest absolute Gasteiger partial charge is 0.493 e. The highest BCUT2D eigenvalue weighted by molar-refractivity contribution is 5.40. The molecule has 0 heterocycles. The van der Waals surface area contributed by atoms with Crippen LogP contribution in [0.15, 0.2) is 42.5 Å².